The van der Waals surface area contributed by atoms with Crippen LogP contribution in [0.5, 0.6) is 5.75 Å². The van der Waals surface area contributed by atoms with Crippen molar-refractivity contribution in [3.8, 4) is 5.75 Å². The van der Waals surface area contributed by atoms with Gasteiger partial charge in [-0.05, 0) is 42.5 Å². The molecular formula is C16H19N3O2. The third kappa shape index (κ3) is 3.08. The van der Waals surface area contributed by atoms with Gasteiger partial charge in [-0.15, -0.1) is 0 Å². The monoisotopic (exact) mass is 285 g/mol. The van der Waals surface area contributed by atoms with Crippen molar-refractivity contribution in [3.63, 3.8) is 0 Å². The van der Waals surface area contributed by atoms with Crippen LogP contribution in [0.15, 0.2) is 42.5 Å². The lowest BCUT2D eigenvalue weighted by molar-refractivity contribution is 0.0963. The van der Waals surface area contributed by atoms with Crippen LogP contribution in [0.25, 0.3) is 0 Å². The maximum Gasteiger partial charge on any atom is 0.251 e. The molecule has 0 saturated carbocycles. The molecule has 0 aromatic heterocycles. The van der Waals surface area contributed by atoms with E-state index in [1.54, 1.807) is 32.4 Å². The average molecular weight is 285 g/mol. The Morgan fingerprint density at radius 2 is 1.86 bits per heavy atom. The zero-order valence-corrected chi connectivity index (χ0v) is 12.4. The molecular weight excluding hydrogens is 266 g/mol. The van der Waals surface area contributed by atoms with E-state index in [2.05, 4.69) is 5.32 Å². The summed E-state index contributed by atoms with van der Waals surface area (Å²) in [7, 11) is 5.14. The fraction of sp³-hybridized carbons (Fsp3) is 0.188. The molecule has 0 unspecified atom stereocenters. The summed E-state index contributed by atoms with van der Waals surface area (Å²) in [5.74, 6) is 0.651. The Morgan fingerprint density at radius 3 is 2.43 bits per heavy atom. The molecule has 1 amide bonds. The second-order valence-corrected chi connectivity index (χ2v) is 4.61. The van der Waals surface area contributed by atoms with Crippen molar-refractivity contribution in [1.82, 2.24) is 5.32 Å². The molecule has 0 saturated heterocycles. The number of nitrogens with two attached hydrogens (primary N) is 1. The molecule has 0 heterocycles. The molecule has 2 rings (SSSR count). The molecule has 0 aliphatic heterocycles. The zero-order chi connectivity index (χ0) is 15.4. The van der Waals surface area contributed by atoms with Gasteiger partial charge in [-0.25, -0.2) is 0 Å². The van der Waals surface area contributed by atoms with Gasteiger partial charge < -0.3 is 20.7 Å². The van der Waals surface area contributed by atoms with Crippen molar-refractivity contribution >= 4 is 23.0 Å². The van der Waals surface area contributed by atoms with Crippen LogP contribution in [0.4, 0.5) is 17.1 Å². The number of nitrogens with one attached hydrogen (secondary N) is 1. The second-order valence-electron chi connectivity index (χ2n) is 4.61. The highest BCUT2D eigenvalue weighted by Gasteiger charge is 2.11. The van der Waals surface area contributed by atoms with Gasteiger partial charge in [0.2, 0.25) is 0 Å². The van der Waals surface area contributed by atoms with Gasteiger partial charge in [0.05, 0.1) is 18.5 Å². The van der Waals surface area contributed by atoms with Crippen LogP contribution < -0.4 is 20.7 Å². The molecule has 0 atom stereocenters. The van der Waals surface area contributed by atoms with Gasteiger partial charge in [0.1, 0.15) is 5.75 Å². The number of nitrogens with zero attached hydrogens (tertiary/aromatic N) is 1. The minimum atomic E-state index is -0.139. The first-order valence-electron chi connectivity index (χ1n) is 6.56. The summed E-state index contributed by atoms with van der Waals surface area (Å²) in [5, 5.41) is 2.61. The van der Waals surface area contributed by atoms with Gasteiger partial charge in [-0.1, -0.05) is 0 Å². The number of hydrogen-bond donors (Lipinski definition) is 2. The van der Waals surface area contributed by atoms with E-state index >= 15 is 0 Å². The highest BCUT2D eigenvalue weighted by molar-refractivity contribution is 5.96. The summed E-state index contributed by atoms with van der Waals surface area (Å²) in [6.45, 7) is 0. The van der Waals surface area contributed by atoms with Crippen LogP contribution in [0.1, 0.15) is 10.4 Å². The standard InChI is InChI=1S/C16H19N3O2/c1-18-16(20)11-4-9-14(17)15(10-11)19(2)12-5-7-13(21-3)8-6-12/h4-10H,17H2,1-3H3,(H,18,20). The number of amides is 1. The topological polar surface area (TPSA) is 67.6 Å². The lowest BCUT2D eigenvalue weighted by Gasteiger charge is -2.22. The molecule has 110 valence electrons. The number of carbonyl (C=O) groups excluding carboxylic acids is 1. The van der Waals surface area contributed by atoms with Gasteiger partial charge >= 0.3 is 0 Å². The summed E-state index contributed by atoms with van der Waals surface area (Å²) in [5.41, 5.74) is 8.94. The maximum absolute atomic E-state index is 11.7. The summed E-state index contributed by atoms with van der Waals surface area (Å²) < 4.78 is 5.15. The molecule has 0 aliphatic carbocycles. The van der Waals surface area contributed by atoms with Gasteiger partial charge in [0.25, 0.3) is 5.91 Å². The average Bonchev–Trinajstić information content (AvgIpc) is 2.54. The molecule has 2 aromatic carbocycles. The lowest BCUT2D eigenvalue weighted by Crippen LogP contribution is -2.19. The molecule has 2 aromatic rings. The zero-order valence-electron chi connectivity index (χ0n) is 12.4. The van der Waals surface area contributed by atoms with E-state index in [9.17, 15) is 4.79 Å². The normalized spacial score (nSPS) is 10.0. The van der Waals surface area contributed by atoms with Crippen LogP contribution in [0, 0.1) is 0 Å². The first-order chi connectivity index (χ1) is 10.1. The maximum atomic E-state index is 11.7. The van der Waals surface area contributed by atoms with Gasteiger partial charge in [-0.2, -0.15) is 0 Å². The second kappa shape index (κ2) is 6.17. The SMILES string of the molecule is CNC(=O)c1ccc(N)c(N(C)c2ccc(OC)cc2)c1. The number of anilines is 3. The fourth-order valence-electron chi connectivity index (χ4n) is 2.06. The predicted octanol–water partition coefficient (Wildman–Crippen LogP) is 2.40. The largest absolute Gasteiger partial charge is 0.497 e. The van der Waals surface area contributed by atoms with Crippen LogP contribution in [0.3, 0.4) is 0 Å². The van der Waals surface area contributed by atoms with Crippen LogP contribution >= 0.6 is 0 Å². The summed E-state index contributed by atoms with van der Waals surface area (Å²) in [6, 6.07) is 12.8. The highest BCUT2D eigenvalue weighted by atomic mass is 16.5. The van der Waals surface area contributed by atoms with E-state index in [0.717, 1.165) is 17.1 Å². The summed E-state index contributed by atoms with van der Waals surface area (Å²) in [4.78, 5) is 13.7. The third-order valence-corrected chi connectivity index (χ3v) is 3.34. The Balaban J connectivity index is 2.36. The smallest absolute Gasteiger partial charge is 0.251 e. The first-order valence-corrected chi connectivity index (χ1v) is 6.56. The first kappa shape index (κ1) is 14.7. The van der Waals surface area contributed by atoms with Crippen molar-refractivity contribution in [3.05, 3.63) is 48.0 Å². The minimum absolute atomic E-state index is 0.139. The Hall–Kier alpha value is -2.69. The van der Waals surface area contributed by atoms with Crippen LogP contribution in [-0.4, -0.2) is 27.1 Å². The molecule has 0 aliphatic rings. The lowest BCUT2D eigenvalue weighted by atomic mass is 10.1. The Kier molecular flexibility index (Phi) is 4.33. The van der Waals surface area contributed by atoms with Crippen LogP contribution in [0.2, 0.25) is 0 Å². The number of rotatable bonds is 4. The highest BCUT2D eigenvalue weighted by Crippen LogP contribution is 2.30. The number of ether oxygens (including phenoxy) is 1. The number of nitrogen functional groups attached to an aromatic ring is 1. The molecule has 0 spiro atoms. The fourth-order valence-corrected chi connectivity index (χ4v) is 2.06. The van der Waals surface area contributed by atoms with Crippen molar-refractivity contribution in [2.75, 3.05) is 31.8 Å². The van der Waals surface area contributed by atoms with Gasteiger partial charge in [0.15, 0.2) is 0 Å². The number of carbonyl (C=O) groups is 1. The van der Waals surface area contributed by atoms with Crippen molar-refractivity contribution < 1.29 is 9.53 Å². The molecule has 21 heavy (non-hydrogen) atoms. The minimum Gasteiger partial charge on any atom is -0.497 e. The van der Waals surface area contributed by atoms with Gasteiger partial charge in [-0.3, -0.25) is 4.79 Å². The van der Waals surface area contributed by atoms with Crippen molar-refractivity contribution in [1.29, 1.82) is 0 Å². The molecule has 5 heteroatoms. The molecule has 3 N–H and O–H groups in total. The van der Waals surface area contributed by atoms with Crippen molar-refractivity contribution in [2.45, 2.75) is 0 Å². The summed E-state index contributed by atoms with van der Waals surface area (Å²) in [6.07, 6.45) is 0. The van der Waals surface area contributed by atoms with Crippen LogP contribution in [-0.2, 0) is 0 Å². The van der Waals surface area contributed by atoms with E-state index < -0.39 is 0 Å². The molecule has 5 nitrogen and oxygen atoms in total. The van der Waals surface area contributed by atoms with E-state index in [4.69, 9.17) is 10.5 Å². The quantitative estimate of drug-likeness (QED) is 0.847. The Labute approximate surface area is 124 Å². The molecule has 0 radical (unpaired) electrons. The summed E-state index contributed by atoms with van der Waals surface area (Å²) >= 11 is 0. The van der Waals surface area contributed by atoms with E-state index in [1.165, 1.54) is 0 Å². The van der Waals surface area contributed by atoms with Gasteiger partial charge in [0, 0.05) is 25.3 Å². The Morgan fingerprint density at radius 1 is 1.19 bits per heavy atom. The number of methoxy groups -OCH3 is 1. The molecule has 0 bridgehead atoms. The third-order valence-electron chi connectivity index (χ3n) is 3.34. The predicted molar refractivity (Wildman–Crippen MR) is 85.3 cm³/mol. The Bertz CT molecular complexity index is 638. The van der Waals surface area contributed by atoms with Crippen molar-refractivity contribution in [2.24, 2.45) is 0 Å². The number of hydrogen-bond acceptors (Lipinski definition) is 4. The molecule has 0 fully saturated rings. The van der Waals surface area contributed by atoms with E-state index in [-0.39, 0.29) is 5.91 Å². The van der Waals surface area contributed by atoms with E-state index in [1.807, 2.05) is 36.2 Å². The number of benzene rings is 2. The van der Waals surface area contributed by atoms with E-state index in [0.29, 0.717) is 11.3 Å².